The highest BCUT2D eigenvalue weighted by Crippen LogP contribution is 2.25. The van der Waals surface area contributed by atoms with Gasteiger partial charge < -0.3 is 5.11 Å². The van der Waals surface area contributed by atoms with Gasteiger partial charge in [0.15, 0.2) is 0 Å². The number of aryl methyl sites for hydroxylation is 1. The van der Waals surface area contributed by atoms with Crippen LogP contribution >= 0.6 is 11.3 Å². The van der Waals surface area contributed by atoms with Crippen LogP contribution in [0, 0.1) is 6.92 Å². The van der Waals surface area contributed by atoms with E-state index < -0.39 is 16.0 Å². The van der Waals surface area contributed by atoms with Gasteiger partial charge in [-0.3, -0.25) is 0 Å². The minimum absolute atomic E-state index is 0.0315. The molecule has 0 aliphatic rings. The normalized spacial score (nSPS) is 11.6. The molecule has 0 fully saturated rings. The van der Waals surface area contributed by atoms with Crippen LogP contribution in [0.3, 0.4) is 0 Å². The molecule has 0 spiro atoms. The van der Waals surface area contributed by atoms with Crippen LogP contribution < -0.4 is 4.72 Å². The quantitative estimate of drug-likeness (QED) is 0.835. The van der Waals surface area contributed by atoms with Crippen LogP contribution in [-0.4, -0.2) is 26.0 Å². The molecule has 84 valence electrons. The molecule has 0 aliphatic heterocycles. The molecule has 1 aromatic rings. The summed E-state index contributed by atoms with van der Waals surface area (Å²) in [5, 5.41) is 8.71. The number of carboxylic acid groups (broad SMARTS) is 1. The first-order valence-electron chi connectivity index (χ1n) is 4.22. The fourth-order valence-corrected chi connectivity index (χ4v) is 3.57. The molecule has 0 aromatic carbocycles. The van der Waals surface area contributed by atoms with Gasteiger partial charge in [-0.05, 0) is 13.0 Å². The van der Waals surface area contributed by atoms with Crippen molar-refractivity contribution in [2.45, 2.75) is 18.7 Å². The lowest BCUT2D eigenvalue weighted by Gasteiger charge is -2.01. The van der Waals surface area contributed by atoms with E-state index in [1.807, 2.05) is 0 Å². The highest BCUT2D eigenvalue weighted by atomic mass is 32.2. The van der Waals surface area contributed by atoms with Crippen LogP contribution in [0.5, 0.6) is 0 Å². The van der Waals surface area contributed by atoms with E-state index in [1.165, 1.54) is 6.07 Å². The van der Waals surface area contributed by atoms with Crippen molar-refractivity contribution in [3.05, 3.63) is 15.8 Å². The van der Waals surface area contributed by atoms with E-state index in [9.17, 15) is 13.2 Å². The van der Waals surface area contributed by atoms with E-state index in [2.05, 4.69) is 4.72 Å². The molecular formula is C8H11NO4S2. The smallest absolute Gasteiger partial charge is 0.345 e. The molecule has 1 aromatic heterocycles. The number of thiophene rings is 1. The lowest BCUT2D eigenvalue weighted by molar-refractivity contribution is 0.0702. The second kappa shape index (κ2) is 4.30. The average molecular weight is 249 g/mol. The van der Waals surface area contributed by atoms with Crippen LogP contribution in [0.25, 0.3) is 0 Å². The topological polar surface area (TPSA) is 83.5 Å². The van der Waals surface area contributed by atoms with E-state index >= 15 is 0 Å². The molecule has 0 atom stereocenters. The standard InChI is InChI=1S/C8H11NO4S2/c1-3-9-15(12,13)7-4-6(8(10)11)14-5(7)2/h4,9H,3H2,1-2H3,(H,10,11). The van der Waals surface area contributed by atoms with Gasteiger partial charge in [0.1, 0.15) is 4.88 Å². The molecule has 5 nitrogen and oxygen atoms in total. The number of hydrogen-bond acceptors (Lipinski definition) is 4. The van der Waals surface area contributed by atoms with Gasteiger partial charge in [-0.2, -0.15) is 0 Å². The molecule has 0 amide bonds. The number of hydrogen-bond donors (Lipinski definition) is 2. The van der Waals surface area contributed by atoms with E-state index in [1.54, 1.807) is 13.8 Å². The molecular weight excluding hydrogens is 238 g/mol. The van der Waals surface area contributed by atoms with Crippen LogP contribution in [0.15, 0.2) is 11.0 Å². The van der Waals surface area contributed by atoms with Crippen LogP contribution in [0.2, 0.25) is 0 Å². The second-order valence-electron chi connectivity index (χ2n) is 2.84. The Hall–Kier alpha value is -0.920. The fourth-order valence-electron chi connectivity index (χ4n) is 1.11. The predicted molar refractivity (Wildman–Crippen MR) is 56.9 cm³/mol. The third-order valence-electron chi connectivity index (χ3n) is 1.71. The Bertz CT molecular complexity index is 475. The first-order chi connectivity index (χ1) is 6.88. The highest BCUT2D eigenvalue weighted by molar-refractivity contribution is 7.89. The zero-order valence-corrected chi connectivity index (χ0v) is 9.91. The number of rotatable bonds is 4. The average Bonchev–Trinajstić information content (AvgIpc) is 2.47. The van der Waals surface area contributed by atoms with Gasteiger partial charge >= 0.3 is 5.97 Å². The van der Waals surface area contributed by atoms with Crippen LogP contribution in [0.4, 0.5) is 0 Å². The van der Waals surface area contributed by atoms with Crippen molar-refractivity contribution < 1.29 is 18.3 Å². The van der Waals surface area contributed by atoms with Crippen molar-refractivity contribution >= 4 is 27.3 Å². The Kier molecular flexibility index (Phi) is 3.48. The van der Waals surface area contributed by atoms with Crippen LogP contribution in [0.1, 0.15) is 21.5 Å². The summed E-state index contributed by atoms with van der Waals surface area (Å²) in [5.74, 6) is -1.11. The van der Waals surface area contributed by atoms with E-state index in [4.69, 9.17) is 5.11 Å². The molecule has 1 rings (SSSR count). The van der Waals surface area contributed by atoms with Crippen LogP contribution in [-0.2, 0) is 10.0 Å². The first kappa shape index (κ1) is 12.2. The van der Waals surface area contributed by atoms with E-state index in [-0.39, 0.29) is 16.3 Å². The Morgan fingerprint density at radius 2 is 2.20 bits per heavy atom. The summed E-state index contributed by atoms with van der Waals surface area (Å²) in [4.78, 5) is 11.2. The number of aromatic carboxylic acids is 1. The van der Waals surface area contributed by atoms with Crippen molar-refractivity contribution in [3.63, 3.8) is 0 Å². The summed E-state index contributed by atoms with van der Waals surface area (Å²) in [7, 11) is -3.56. The molecule has 7 heteroatoms. The zero-order chi connectivity index (χ0) is 11.6. The molecule has 15 heavy (non-hydrogen) atoms. The fraction of sp³-hybridized carbons (Fsp3) is 0.375. The monoisotopic (exact) mass is 249 g/mol. The molecule has 0 bridgehead atoms. The van der Waals surface area contributed by atoms with Gasteiger partial charge in [0.05, 0.1) is 4.90 Å². The predicted octanol–water partition coefficient (Wildman–Crippen LogP) is 1.05. The van der Waals surface area contributed by atoms with Gasteiger partial charge in [-0.15, -0.1) is 11.3 Å². The minimum atomic E-state index is -3.56. The van der Waals surface area contributed by atoms with Gasteiger partial charge in [-0.1, -0.05) is 6.92 Å². The zero-order valence-electron chi connectivity index (χ0n) is 8.27. The van der Waals surface area contributed by atoms with E-state index in [0.29, 0.717) is 4.88 Å². The third kappa shape index (κ3) is 2.55. The van der Waals surface area contributed by atoms with Crippen molar-refractivity contribution in [3.8, 4) is 0 Å². The van der Waals surface area contributed by atoms with Crippen molar-refractivity contribution in [2.75, 3.05) is 6.54 Å². The molecule has 0 unspecified atom stereocenters. The molecule has 0 aliphatic carbocycles. The lowest BCUT2D eigenvalue weighted by Crippen LogP contribution is -2.23. The summed E-state index contributed by atoms with van der Waals surface area (Å²) in [6.07, 6.45) is 0. The Morgan fingerprint density at radius 3 is 2.60 bits per heavy atom. The largest absolute Gasteiger partial charge is 0.477 e. The Labute approximate surface area is 91.8 Å². The molecule has 0 saturated heterocycles. The minimum Gasteiger partial charge on any atom is -0.477 e. The second-order valence-corrected chi connectivity index (χ2v) is 5.83. The number of carboxylic acids is 1. The molecule has 1 heterocycles. The summed E-state index contributed by atoms with van der Waals surface area (Å²) in [6, 6.07) is 1.18. The molecule has 0 saturated carbocycles. The first-order valence-corrected chi connectivity index (χ1v) is 6.52. The number of carbonyl (C=O) groups is 1. The van der Waals surface area contributed by atoms with Gasteiger partial charge in [0.25, 0.3) is 0 Å². The molecule has 2 N–H and O–H groups in total. The maximum Gasteiger partial charge on any atom is 0.345 e. The SMILES string of the molecule is CCNS(=O)(=O)c1cc(C(=O)O)sc1C. The van der Waals surface area contributed by atoms with Crippen molar-refractivity contribution in [1.82, 2.24) is 4.72 Å². The van der Waals surface area contributed by atoms with E-state index in [0.717, 1.165) is 11.3 Å². The number of sulfonamides is 1. The maximum atomic E-state index is 11.6. The Balaban J connectivity index is 3.21. The van der Waals surface area contributed by atoms with Gasteiger partial charge in [0, 0.05) is 11.4 Å². The summed E-state index contributed by atoms with van der Waals surface area (Å²) < 4.78 is 25.5. The lowest BCUT2D eigenvalue weighted by atomic mass is 10.4. The third-order valence-corrected chi connectivity index (χ3v) is 4.55. The van der Waals surface area contributed by atoms with Crippen molar-refractivity contribution in [2.24, 2.45) is 0 Å². The summed E-state index contributed by atoms with van der Waals surface area (Å²) in [5.41, 5.74) is 0. The summed E-state index contributed by atoms with van der Waals surface area (Å²) in [6.45, 7) is 3.53. The summed E-state index contributed by atoms with van der Waals surface area (Å²) >= 11 is 0.956. The van der Waals surface area contributed by atoms with Gasteiger partial charge in [0.2, 0.25) is 10.0 Å². The van der Waals surface area contributed by atoms with Gasteiger partial charge in [-0.25, -0.2) is 17.9 Å². The maximum absolute atomic E-state index is 11.6. The van der Waals surface area contributed by atoms with Crippen molar-refractivity contribution in [1.29, 1.82) is 0 Å². The Morgan fingerprint density at radius 1 is 1.60 bits per heavy atom. The highest BCUT2D eigenvalue weighted by Gasteiger charge is 2.20. The number of nitrogens with one attached hydrogen (secondary N) is 1. The molecule has 0 radical (unpaired) electrons.